The Kier molecular flexibility index (Phi) is 5.21. The highest BCUT2D eigenvalue weighted by atomic mass is 32.2. The molecule has 1 aromatic carbocycles. The number of sulfonamides is 1. The maximum Gasteiger partial charge on any atom is 0.271 e. The van der Waals surface area contributed by atoms with Crippen molar-refractivity contribution in [2.45, 2.75) is 31.7 Å². The molecule has 0 saturated carbocycles. The molecule has 8 heteroatoms. The van der Waals surface area contributed by atoms with Crippen molar-refractivity contribution >= 4 is 15.7 Å². The molecule has 0 radical (unpaired) electrons. The van der Waals surface area contributed by atoms with E-state index in [1.807, 2.05) is 6.92 Å². The molecule has 0 heterocycles. The fraction of sp³-hybridized carbons (Fsp3) is 0.500. The van der Waals surface area contributed by atoms with E-state index in [9.17, 15) is 18.5 Å². The molecule has 20 heavy (non-hydrogen) atoms. The standard InChI is InChI=1S/C12H19N3O4S/c1-8-5-11(15(16)17)6-12(10(8)3)20(18,19)14-7-9(2)13-4/h5-6,9,13-14H,7H2,1-4H3. The quantitative estimate of drug-likeness (QED) is 0.605. The molecule has 0 saturated heterocycles. The van der Waals surface area contributed by atoms with Crippen molar-refractivity contribution < 1.29 is 13.3 Å². The second-order valence-corrected chi connectivity index (χ2v) is 6.42. The summed E-state index contributed by atoms with van der Waals surface area (Å²) in [4.78, 5) is 10.2. The number of nitro groups is 1. The average Bonchev–Trinajstić information content (AvgIpc) is 2.38. The Hall–Kier alpha value is -1.51. The van der Waals surface area contributed by atoms with Crippen LogP contribution in [0.1, 0.15) is 18.1 Å². The summed E-state index contributed by atoms with van der Waals surface area (Å²) in [6.07, 6.45) is 0. The van der Waals surface area contributed by atoms with Gasteiger partial charge in [0.1, 0.15) is 0 Å². The number of rotatable bonds is 6. The first-order valence-corrected chi connectivity index (χ1v) is 7.60. The highest BCUT2D eigenvalue weighted by Crippen LogP contribution is 2.25. The number of likely N-dealkylation sites (N-methyl/N-ethyl adjacent to an activating group) is 1. The predicted octanol–water partition coefficient (Wildman–Crippen LogP) is 1.10. The zero-order valence-electron chi connectivity index (χ0n) is 11.9. The SMILES string of the molecule is CNC(C)CNS(=O)(=O)c1cc([N+](=O)[O-])cc(C)c1C. The van der Waals surface area contributed by atoms with Gasteiger partial charge in [-0.1, -0.05) is 0 Å². The largest absolute Gasteiger partial charge is 0.316 e. The Balaban J connectivity index is 3.20. The number of hydrogen-bond donors (Lipinski definition) is 2. The van der Waals surface area contributed by atoms with Gasteiger partial charge in [0, 0.05) is 24.7 Å². The van der Waals surface area contributed by atoms with Crippen LogP contribution >= 0.6 is 0 Å². The number of hydrogen-bond acceptors (Lipinski definition) is 5. The highest BCUT2D eigenvalue weighted by Gasteiger charge is 2.22. The molecule has 0 aromatic heterocycles. The van der Waals surface area contributed by atoms with Gasteiger partial charge >= 0.3 is 0 Å². The fourth-order valence-corrected chi connectivity index (χ4v) is 3.07. The molecule has 1 atom stereocenters. The van der Waals surface area contributed by atoms with Crippen LogP contribution in [0.5, 0.6) is 0 Å². The van der Waals surface area contributed by atoms with Gasteiger partial charge in [-0.05, 0) is 38.9 Å². The minimum absolute atomic E-state index is 0.0372. The van der Waals surface area contributed by atoms with E-state index in [1.54, 1.807) is 20.9 Å². The lowest BCUT2D eigenvalue weighted by atomic mass is 10.1. The van der Waals surface area contributed by atoms with Gasteiger partial charge in [-0.2, -0.15) is 0 Å². The third-order valence-electron chi connectivity index (χ3n) is 3.18. The van der Waals surface area contributed by atoms with Crippen molar-refractivity contribution in [2.24, 2.45) is 0 Å². The molecule has 0 bridgehead atoms. The van der Waals surface area contributed by atoms with Crippen LogP contribution in [0.2, 0.25) is 0 Å². The molecule has 0 aliphatic carbocycles. The Labute approximate surface area is 118 Å². The summed E-state index contributed by atoms with van der Waals surface area (Å²) in [6, 6.07) is 2.42. The molecule has 0 fully saturated rings. The van der Waals surface area contributed by atoms with Gasteiger partial charge in [0.15, 0.2) is 0 Å². The summed E-state index contributed by atoms with van der Waals surface area (Å²) in [5.41, 5.74) is 0.858. The van der Waals surface area contributed by atoms with E-state index in [0.29, 0.717) is 11.1 Å². The Morgan fingerprint density at radius 3 is 2.45 bits per heavy atom. The summed E-state index contributed by atoms with van der Waals surface area (Å²) < 4.78 is 26.9. The van der Waals surface area contributed by atoms with E-state index >= 15 is 0 Å². The number of nitrogens with one attached hydrogen (secondary N) is 2. The Morgan fingerprint density at radius 1 is 1.35 bits per heavy atom. The highest BCUT2D eigenvalue weighted by molar-refractivity contribution is 7.89. The Bertz CT molecular complexity index is 613. The van der Waals surface area contributed by atoms with Crippen LogP contribution in [0.15, 0.2) is 17.0 Å². The van der Waals surface area contributed by atoms with Gasteiger partial charge in [-0.15, -0.1) is 0 Å². The molecule has 7 nitrogen and oxygen atoms in total. The second kappa shape index (κ2) is 6.29. The summed E-state index contributed by atoms with van der Waals surface area (Å²) >= 11 is 0. The van der Waals surface area contributed by atoms with Crippen LogP contribution in [0.25, 0.3) is 0 Å². The molecule has 2 N–H and O–H groups in total. The number of nitro benzene ring substituents is 1. The zero-order chi connectivity index (χ0) is 15.5. The van der Waals surface area contributed by atoms with Crippen molar-refractivity contribution in [3.63, 3.8) is 0 Å². The van der Waals surface area contributed by atoms with E-state index in [-0.39, 0.29) is 23.2 Å². The molecule has 0 aliphatic rings. The van der Waals surface area contributed by atoms with Gasteiger partial charge in [-0.25, -0.2) is 13.1 Å². The van der Waals surface area contributed by atoms with Crippen LogP contribution in [0, 0.1) is 24.0 Å². The normalized spacial score (nSPS) is 13.2. The predicted molar refractivity (Wildman–Crippen MR) is 76.3 cm³/mol. The fourth-order valence-electron chi connectivity index (χ4n) is 1.61. The van der Waals surface area contributed by atoms with Crippen molar-refractivity contribution in [2.75, 3.05) is 13.6 Å². The molecular formula is C12H19N3O4S. The Morgan fingerprint density at radius 2 is 1.95 bits per heavy atom. The molecule has 1 aromatic rings. The third-order valence-corrected chi connectivity index (χ3v) is 4.73. The number of aryl methyl sites for hydroxylation is 1. The lowest BCUT2D eigenvalue weighted by Crippen LogP contribution is -2.37. The smallest absolute Gasteiger partial charge is 0.271 e. The van der Waals surface area contributed by atoms with Gasteiger partial charge in [0.2, 0.25) is 10.0 Å². The molecular weight excluding hydrogens is 282 g/mol. The summed E-state index contributed by atoms with van der Waals surface area (Å²) in [7, 11) is -2.05. The van der Waals surface area contributed by atoms with E-state index < -0.39 is 14.9 Å². The van der Waals surface area contributed by atoms with Gasteiger partial charge < -0.3 is 5.32 Å². The van der Waals surface area contributed by atoms with Gasteiger partial charge in [0.25, 0.3) is 5.69 Å². The van der Waals surface area contributed by atoms with Crippen LogP contribution in [-0.4, -0.2) is 33.0 Å². The molecule has 0 amide bonds. The average molecular weight is 301 g/mol. The van der Waals surface area contributed by atoms with Crippen molar-refractivity contribution in [3.8, 4) is 0 Å². The summed E-state index contributed by atoms with van der Waals surface area (Å²) in [6.45, 7) is 5.32. The van der Waals surface area contributed by atoms with E-state index in [0.717, 1.165) is 6.07 Å². The molecule has 1 unspecified atom stereocenters. The lowest BCUT2D eigenvalue weighted by molar-refractivity contribution is -0.385. The minimum Gasteiger partial charge on any atom is -0.316 e. The third kappa shape index (κ3) is 3.75. The summed E-state index contributed by atoms with van der Waals surface area (Å²) in [5, 5.41) is 13.7. The number of non-ortho nitro benzene ring substituents is 1. The zero-order valence-corrected chi connectivity index (χ0v) is 12.7. The first-order valence-electron chi connectivity index (χ1n) is 6.11. The molecule has 0 spiro atoms. The van der Waals surface area contributed by atoms with E-state index in [2.05, 4.69) is 10.0 Å². The lowest BCUT2D eigenvalue weighted by Gasteiger charge is -2.14. The second-order valence-electron chi connectivity index (χ2n) is 4.68. The molecule has 1 rings (SSSR count). The first kappa shape index (κ1) is 16.5. The number of nitrogens with zero attached hydrogens (tertiary/aromatic N) is 1. The van der Waals surface area contributed by atoms with Crippen LogP contribution in [0.3, 0.4) is 0 Å². The van der Waals surface area contributed by atoms with E-state index in [1.165, 1.54) is 6.07 Å². The van der Waals surface area contributed by atoms with Crippen molar-refractivity contribution in [3.05, 3.63) is 33.4 Å². The maximum absolute atomic E-state index is 12.2. The van der Waals surface area contributed by atoms with Crippen molar-refractivity contribution in [1.82, 2.24) is 10.0 Å². The topological polar surface area (TPSA) is 101 Å². The van der Waals surface area contributed by atoms with Crippen molar-refractivity contribution in [1.29, 1.82) is 0 Å². The van der Waals surface area contributed by atoms with Gasteiger partial charge in [0.05, 0.1) is 9.82 Å². The van der Waals surface area contributed by atoms with Gasteiger partial charge in [-0.3, -0.25) is 10.1 Å². The minimum atomic E-state index is -3.77. The number of benzene rings is 1. The van der Waals surface area contributed by atoms with Crippen LogP contribution in [-0.2, 0) is 10.0 Å². The van der Waals surface area contributed by atoms with Crippen LogP contribution < -0.4 is 10.0 Å². The maximum atomic E-state index is 12.2. The first-order chi connectivity index (χ1) is 9.19. The summed E-state index contributed by atoms with van der Waals surface area (Å²) in [5.74, 6) is 0. The van der Waals surface area contributed by atoms with Crippen LogP contribution in [0.4, 0.5) is 5.69 Å². The monoisotopic (exact) mass is 301 g/mol. The molecule has 112 valence electrons. The van der Waals surface area contributed by atoms with E-state index in [4.69, 9.17) is 0 Å². The molecule has 0 aliphatic heterocycles.